The van der Waals surface area contributed by atoms with E-state index in [1.54, 1.807) is 4.90 Å². The Kier molecular flexibility index (Phi) is 5.13. The van der Waals surface area contributed by atoms with Crippen LogP contribution in [0.2, 0.25) is 0 Å². The molecule has 2 saturated heterocycles. The molecule has 1 aromatic carbocycles. The number of carbonyl (C=O) groups excluding carboxylic acids is 2. The minimum atomic E-state index is -0.210. The molecule has 2 unspecified atom stereocenters. The van der Waals surface area contributed by atoms with Crippen LogP contribution in [-0.4, -0.2) is 61.4 Å². The average molecular weight is 343 g/mol. The molecular formula is C20H29N3O2. The van der Waals surface area contributed by atoms with Gasteiger partial charge in [0, 0.05) is 37.8 Å². The monoisotopic (exact) mass is 343 g/mol. The van der Waals surface area contributed by atoms with E-state index in [0.717, 1.165) is 25.2 Å². The maximum atomic E-state index is 12.8. The highest BCUT2D eigenvalue weighted by Crippen LogP contribution is 2.29. The first-order chi connectivity index (χ1) is 11.9. The van der Waals surface area contributed by atoms with Crippen LogP contribution in [0.5, 0.6) is 0 Å². The van der Waals surface area contributed by atoms with Crippen LogP contribution in [-0.2, 0) is 9.59 Å². The standard InChI is InChI=1S/C20H29N3O2/c1-14(2)15-5-7-17(8-6-15)23-12-16(11-19(23)24)20(25)22-10-9-18(13-22)21(3)4/h5-8,14,16,18H,9-13H2,1-4H3. The maximum Gasteiger partial charge on any atom is 0.228 e. The minimum Gasteiger partial charge on any atom is -0.341 e. The van der Waals surface area contributed by atoms with Gasteiger partial charge in [-0.15, -0.1) is 0 Å². The zero-order chi connectivity index (χ0) is 18.1. The molecule has 2 atom stereocenters. The summed E-state index contributed by atoms with van der Waals surface area (Å²) in [7, 11) is 4.11. The van der Waals surface area contributed by atoms with Gasteiger partial charge >= 0.3 is 0 Å². The van der Waals surface area contributed by atoms with Crippen LogP contribution in [0.15, 0.2) is 24.3 Å². The summed E-state index contributed by atoms with van der Waals surface area (Å²) in [6, 6.07) is 8.58. The molecule has 2 aliphatic rings. The second-order valence-electron chi connectivity index (χ2n) is 7.84. The molecule has 0 aromatic heterocycles. The third-order valence-electron chi connectivity index (χ3n) is 5.55. The van der Waals surface area contributed by atoms with Crippen molar-refractivity contribution in [1.82, 2.24) is 9.80 Å². The number of likely N-dealkylation sites (N-methyl/N-ethyl adjacent to an activating group) is 1. The Labute approximate surface area is 150 Å². The maximum absolute atomic E-state index is 12.8. The van der Waals surface area contributed by atoms with Gasteiger partial charge in [0.1, 0.15) is 0 Å². The van der Waals surface area contributed by atoms with Crippen molar-refractivity contribution in [1.29, 1.82) is 0 Å². The number of nitrogens with zero attached hydrogens (tertiary/aromatic N) is 3. The lowest BCUT2D eigenvalue weighted by atomic mass is 10.0. The van der Waals surface area contributed by atoms with Crippen LogP contribution < -0.4 is 4.90 Å². The Balaban J connectivity index is 1.65. The number of hydrogen-bond donors (Lipinski definition) is 0. The Hall–Kier alpha value is -1.88. The molecule has 3 rings (SSSR count). The molecule has 0 saturated carbocycles. The highest BCUT2D eigenvalue weighted by molar-refractivity contribution is 6.00. The summed E-state index contributed by atoms with van der Waals surface area (Å²) < 4.78 is 0. The lowest BCUT2D eigenvalue weighted by molar-refractivity contribution is -0.134. The second kappa shape index (κ2) is 7.16. The number of hydrogen-bond acceptors (Lipinski definition) is 3. The van der Waals surface area contributed by atoms with E-state index in [1.165, 1.54) is 5.56 Å². The van der Waals surface area contributed by atoms with Crippen molar-refractivity contribution in [3.8, 4) is 0 Å². The van der Waals surface area contributed by atoms with E-state index in [0.29, 0.717) is 24.9 Å². The van der Waals surface area contributed by atoms with Gasteiger partial charge in [-0.2, -0.15) is 0 Å². The van der Waals surface area contributed by atoms with Crippen molar-refractivity contribution in [2.24, 2.45) is 5.92 Å². The molecule has 0 aliphatic carbocycles. The lowest BCUT2D eigenvalue weighted by Crippen LogP contribution is -2.38. The predicted molar refractivity (Wildman–Crippen MR) is 99.7 cm³/mol. The van der Waals surface area contributed by atoms with E-state index in [4.69, 9.17) is 0 Å². The number of amides is 2. The van der Waals surface area contributed by atoms with Crippen molar-refractivity contribution < 1.29 is 9.59 Å². The van der Waals surface area contributed by atoms with Crippen LogP contribution in [0.4, 0.5) is 5.69 Å². The summed E-state index contributed by atoms with van der Waals surface area (Å²) in [6.45, 7) is 6.39. The van der Waals surface area contributed by atoms with Crippen molar-refractivity contribution >= 4 is 17.5 Å². The smallest absolute Gasteiger partial charge is 0.228 e. The van der Waals surface area contributed by atoms with Crippen LogP contribution in [0, 0.1) is 5.92 Å². The summed E-state index contributed by atoms with van der Waals surface area (Å²) in [4.78, 5) is 31.1. The van der Waals surface area contributed by atoms with Gasteiger partial charge in [-0.25, -0.2) is 0 Å². The molecule has 1 aromatic rings. The predicted octanol–water partition coefficient (Wildman–Crippen LogP) is 2.33. The van der Waals surface area contributed by atoms with E-state index >= 15 is 0 Å². The SMILES string of the molecule is CC(C)c1ccc(N2CC(C(=O)N3CCC(N(C)C)C3)CC2=O)cc1. The van der Waals surface area contributed by atoms with Gasteiger partial charge in [0.15, 0.2) is 0 Å². The van der Waals surface area contributed by atoms with Gasteiger partial charge in [-0.05, 0) is 44.1 Å². The van der Waals surface area contributed by atoms with Crippen molar-refractivity contribution in [2.45, 2.75) is 38.6 Å². The number of anilines is 1. The highest BCUT2D eigenvalue weighted by atomic mass is 16.2. The van der Waals surface area contributed by atoms with Crippen molar-refractivity contribution in [2.75, 3.05) is 38.6 Å². The number of rotatable bonds is 4. The van der Waals surface area contributed by atoms with Gasteiger partial charge in [0.2, 0.25) is 11.8 Å². The van der Waals surface area contributed by atoms with Crippen molar-refractivity contribution in [3.05, 3.63) is 29.8 Å². The molecule has 2 heterocycles. The number of likely N-dealkylation sites (tertiary alicyclic amines) is 1. The molecule has 2 aliphatic heterocycles. The number of benzene rings is 1. The first kappa shape index (κ1) is 17.9. The molecule has 0 bridgehead atoms. The summed E-state index contributed by atoms with van der Waals surface area (Å²) in [5.41, 5.74) is 2.16. The Morgan fingerprint density at radius 1 is 1.16 bits per heavy atom. The zero-order valence-electron chi connectivity index (χ0n) is 15.7. The second-order valence-corrected chi connectivity index (χ2v) is 7.84. The Morgan fingerprint density at radius 2 is 1.84 bits per heavy atom. The molecule has 0 radical (unpaired) electrons. The summed E-state index contributed by atoms with van der Waals surface area (Å²) in [5, 5.41) is 0. The van der Waals surface area contributed by atoms with E-state index < -0.39 is 0 Å². The highest BCUT2D eigenvalue weighted by Gasteiger charge is 2.39. The molecule has 5 nitrogen and oxygen atoms in total. The summed E-state index contributed by atoms with van der Waals surface area (Å²) >= 11 is 0. The average Bonchev–Trinajstić information content (AvgIpc) is 3.21. The van der Waals surface area contributed by atoms with E-state index in [-0.39, 0.29) is 17.7 Å². The van der Waals surface area contributed by atoms with E-state index in [1.807, 2.05) is 17.0 Å². The molecule has 136 valence electrons. The summed E-state index contributed by atoms with van der Waals surface area (Å²) in [5.74, 6) is 0.452. The fourth-order valence-electron chi connectivity index (χ4n) is 3.78. The third-order valence-corrected chi connectivity index (χ3v) is 5.55. The quantitative estimate of drug-likeness (QED) is 0.843. The fraction of sp³-hybridized carbons (Fsp3) is 0.600. The van der Waals surface area contributed by atoms with Gasteiger partial charge in [0.25, 0.3) is 0 Å². The van der Waals surface area contributed by atoms with Gasteiger partial charge in [0.05, 0.1) is 5.92 Å². The van der Waals surface area contributed by atoms with Gasteiger partial charge in [-0.3, -0.25) is 9.59 Å². The number of carbonyl (C=O) groups is 2. The van der Waals surface area contributed by atoms with Gasteiger partial charge in [-0.1, -0.05) is 26.0 Å². The Bertz CT molecular complexity index is 639. The molecular weight excluding hydrogens is 314 g/mol. The molecule has 0 spiro atoms. The van der Waals surface area contributed by atoms with E-state index in [9.17, 15) is 9.59 Å². The van der Waals surface area contributed by atoms with Crippen LogP contribution >= 0.6 is 0 Å². The molecule has 0 N–H and O–H groups in total. The van der Waals surface area contributed by atoms with Crippen molar-refractivity contribution in [3.63, 3.8) is 0 Å². The largest absolute Gasteiger partial charge is 0.341 e. The Morgan fingerprint density at radius 3 is 2.40 bits per heavy atom. The fourth-order valence-corrected chi connectivity index (χ4v) is 3.78. The van der Waals surface area contributed by atoms with Crippen LogP contribution in [0.25, 0.3) is 0 Å². The topological polar surface area (TPSA) is 43.9 Å². The van der Waals surface area contributed by atoms with Gasteiger partial charge < -0.3 is 14.7 Å². The minimum absolute atomic E-state index is 0.0546. The normalized spacial score (nSPS) is 24.0. The molecule has 2 fully saturated rings. The third kappa shape index (κ3) is 3.71. The molecule has 25 heavy (non-hydrogen) atoms. The first-order valence-electron chi connectivity index (χ1n) is 9.22. The zero-order valence-corrected chi connectivity index (χ0v) is 15.7. The van der Waals surface area contributed by atoms with Crippen LogP contribution in [0.3, 0.4) is 0 Å². The lowest BCUT2D eigenvalue weighted by Gasteiger charge is -2.23. The molecule has 2 amide bonds. The first-order valence-corrected chi connectivity index (χ1v) is 9.22. The summed E-state index contributed by atoms with van der Waals surface area (Å²) in [6.07, 6.45) is 1.34. The molecule has 5 heteroatoms. The van der Waals surface area contributed by atoms with E-state index in [2.05, 4.69) is 45.0 Å². The van der Waals surface area contributed by atoms with Crippen LogP contribution in [0.1, 0.15) is 38.2 Å².